The van der Waals surface area contributed by atoms with E-state index in [1.807, 2.05) is 0 Å². The minimum Gasteiger partial charge on any atom is -0.153 e. The average molecular weight is 681 g/mol. The molecule has 0 amide bonds. The molecule has 2 aliphatic heterocycles. The van der Waals surface area contributed by atoms with Gasteiger partial charge < -0.3 is 0 Å². The number of fused-ring (bicyclic) bond motifs is 4. The van der Waals surface area contributed by atoms with E-state index < -0.39 is 0 Å². The topological polar surface area (TPSA) is 0 Å². The van der Waals surface area contributed by atoms with Crippen LogP contribution in [0.1, 0.15) is 135 Å². The molecule has 0 nitrogen and oxygen atoms in total. The van der Waals surface area contributed by atoms with Crippen LogP contribution in [0.5, 0.6) is 0 Å². The molecular weight excluding hydrogens is 621 g/mol. The Labute approximate surface area is 294 Å². The summed E-state index contributed by atoms with van der Waals surface area (Å²) in [5.41, 5.74) is 1.31. The Morgan fingerprint density at radius 3 is 1.76 bits per heavy atom. The zero-order valence-corrected chi connectivity index (χ0v) is 31.4. The monoisotopic (exact) mass is 680 g/mol. The van der Waals surface area contributed by atoms with Crippen LogP contribution in [-0.2, 0) is 0 Å². The molecule has 2 bridgehead atoms. The highest BCUT2D eigenvalue weighted by Gasteiger charge is 2.43. The Kier molecular flexibility index (Phi) is 14.3. The minimum atomic E-state index is 0.713. The van der Waals surface area contributed by atoms with Gasteiger partial charge in [-0.1, -0.05) is 132 Å². The third kappa shape index (κ3) is 10.7. The van der Waals surface area contributed by atoms with Crippen molar-refractivity contribution in [2.24, 2.45) is 11.8 Å². The largest absolute Gasteiger partial charge is 0.153 e. The molecule has 6 aliphatic rings. The maximum atomic E-state index is 2.53. The van der Waals surface area contributed by atoms with Crippen LogP contribution in [0.3, 0.4) is 0 Å². The van der Waals surface area contributed by atoms with E-state index in [1.165, 1.54) is 144 Å². The van der Waals surface area contributed by atoms with Gasteiger partial charge in [-0.15, -0.1) is 23.5 Å². The Morgan fingerprint density at radius 2 is 1.02 bits per heavy atom. The summed E-state index contributed by atoms with van der Waals surface area (Å²) in [7, 11) is 0. The second-order valence-electron chi connectivity index (χ2n) is 14.8. The Balaban J connectivity index is 1.23. The van der Waals surface area contributed by atoms with Crippen molar-refractivity contribution in [3.05, 3.63) is 70.1 Å². The highest BCUT2D eigenvalue weighted by Crippen LogP contribution is 2.54. The first-order chi connectivity index (χ1) is 22.2. The Morgan fingerprint density at radius 1 is 0.444 bits per heavy atom. The quantitative estimate of drug-likeness (QED) is 0.270. The van der Waals surface area contributed by atoms with Gasteiger partial charge in [0.2, 0.25) is 0 Å². The van der Waals surface area contributed by atoms with Crippen molar-refractivity contribution in [3.8, 4) is 0 Å². The molecule has 2 heterocycles. The van der Waals surface area contributed by atoms with Gasteiger partial charge in [-0.25, -0.2) is 0 Å². The molecule has 0 aromatic rings. The van der Waals surface area contributed by atoms with Crippen molar-refractivity contribution in [1.82, 2.24) is 0 Å². The van der Waals surface area contributed by atoms with Gasteiger partial charge in [0, 0.05) is 41.3 Å². The van der Waals surface area contributed by atoms with Gasteiger partial charge >= 0.3 is 0 Å². The molecule has 0 aromatic heterocycles. The van der Waals surface area contributed by atoms with Gasteiger partial charge in [0.1, 0.15) is 0 Å². The van der Waals surface area contributed by atoms with Crippen LogP contribution in [0, 0.1) is 11.8 Å². The number of hydrogen-bond donors (Lipinski definition) is 0. The van der Waals surface area contributed by atoms with E-state index in [2.05, 4.69) is 109 Å². The zero-order valence-electron chi connectivity index (χ0n) is 28.1. The predicted molar refractivity (Wildman–Crippen MR) is 210 cm³/mol. The highest BCUT2D eigenvalue weighted by atomic mass is 32.2. The predicted octanol–water partition coefficient (Wildman–Crippen LogP) is 13.6. The van der Waals surface area contributed by atoms with Crippen molar-refractivity contribution >= 4 is 47.0 Å². The van der Waals surface area contributed by atoms with Crippen molar-refractivity contribution in [2.75, 3.05) is 0 Å². The molecule has 45 heavy (non-hydrogen) atoms. The molecule has 248 valence electrons. The average Bonchev–Trinajstić information content (AvgIpc) is 3.53. The molecule has 0 aromatic carbocycles. The zero-order chi connectivity index (χ0) is 30.7. The molecule has 4 aliphatic carbocycles. The van der Waals surface area contributed by atoms with Crippen LogP contribution in [0.2, 0.25) is 0 Å². The van der Waals surface area contributed by atoms with Gasteiger partial charge in [0.05, 0.1) is 0 Å². The molecule has 4 heteroatoms. The second kappa shape index (κ2) is 18.6. The summed E-state index contributed by atoms with van der Waals surface area (Å²) >= 11 is 9.51. The van der Waals surface area contributed by atoms with Crippen molar-refractivity contribution < 1.29 is 0 Å². The fourth-order valence-corrected chi connectivity index (χ4v) is 15.9. The normalized spacial score (nSPS) is 40.9. The summed E-state index contributed by atoms with van der Waals surface area (Å²) in [5, 5.41) is 4.97. The van der Waals surface area contributed by atoms with Crippen LogP contribution in [-0.4, -0.2) is 31.5 Å². The van der Waals surface area contributed by atoms with E-state index >= 15 is 0 Å². The first-order valence-electron chi connectivity index (χ1n) is 19.0. The van der Waals surface area contributed by atoms with E-state index in [-0.39, 0.29) is 0 Å². The van der Waals surface area contributed by atoms with E-state index in [0.29, 0.717) is 5.25 Å². The Bertz CT molecular complexity index is 1100. The molecule has 6 rings (SSSR count). The highest BCUT2D eigenvalue weighted by molar-refractivity contribution is 8.08. The van der Waals surface area contributed by atoms with Crippen LogP contribution in [0.25, 0.3) is 0 Å². The fraction of sp³-hybridized carbons (Fsp3) is 0.707. The molecular formula is C41H60S4. The summed E-state index contributed by atoms with van der Waals surface area (Å²) in [6.45, 7) is 2.20. The molecule has 6 unspecified atom stereocenters. The second-order valence-corrected chi connectivity index (χ2v) is 20.4. The third-order valence-corrected chi connectivity index (χ3v) is 18.2. The van der Waals surface area contributed by atoms with Gasteiger partial charge in [0.15, 0.2) is 0 Å². The lowest BCUT2D eigenvalue weighted by Crippen LogP contribution is -2.38. The lowest BCUT2D eigenvalue weighted by atomic mass is 9.83. The molecule has 7 atom stereocenters. The summed E-state index contributed by atoms with van der Waals surface area (Å²) in [6.07, 6.45) is 50.2. The van der Waals surface area contributed by atoms with E-state index in [9.17, 15) is 0 Å². The smallest absolute Gasteiger partial charge is 0.0220 e. The standard InChI is InChI=1S/C41H60S4/c1-31-18-11-10-12-22-34-30-35(23-17-19-31)43-40-28-33(32-20-15-16-21-32)29-41-39(27-26-38(40)42-34)44-36-24-13-8-6-4-2-3-5-7-9-14-25-37(36)45-41/h10-12,17-19,22-23,30,32-33,36-41H,2-9,13-16,20-21,24-29H2,1H3/b11-10-,12-10?,18-11?,19-17-,22-12-,23-17?,31-18+,31-19?,34-22?,35-23+/t33-,36?,37?,38?,39?,40?,41?/m0/s1. The summed E-state index contributed by atoms with van der Waals surface area (Å²) in [4.78, 5) is 2.93. The van der Waals surface area contributed by atoms with Gasteiger partial charge in [-0.2, -0.15) is 23.5 Å². The van der Waals surface area contributed by atoms with Gasteiger partial charge in [-0.3, -0.25) is 0 Å². The van der Waals surface area contributed by atoms with E-state index in [0.717, 1.165) is 38.1 Å². The van der Waals surface area contributed by atoms with Crippen LogP contribution < -0.4 is 0 Å². The van der Waals surface area contributed by atoms with E-state index in [4.69, 9.17) is 0 Å². The van der Waals surface area contributed by atoms with Crippen molar-refractivity contribution in [3.63, 3.8) is 0 Å². The number of allylic oxidation sites excluding steroid dienone is 10. The Hall–Kier alpha value is -0.160. The molecule has 0 N–H and O–H groups in total. The summed E-state index contributed by atoms with van der Waals surface area (Å²) in [6, 6.07) is 0. The molecule has 0 spiro atoms. The maximum absolute atomic E-state index is 2.53. The molecule has 0 radical (unpaired) electrons. The van der Waals surface area contributed by atoms with Crippen LogP contribution >= 0.6 is 47.0 Å². The lowest BCUT2D eigenvalue weighted by Gasteiger charge is -2.43. The minimum absolute atomic E-state index is 0.713. The third-order valence-electron chi connectivity index (χ3n) is 11.4. The maximum Gasteiger partial charge on any atom is 0.0220 e. The number of rotatable bonds is 1. The van der Waals surface area contributed by atoms with Gasteiger partial charge in [0.25, 0.3) is 0 Å². The first-order valence-corrected chi connectivity index (χ1v) is 22.6. The van der Waals surface area contributed by atoms with Crippen LogP contribution in [0.4, 0.5) is 0 Å². The van der Waals surface area contributed by atoms with Crippen molar-refractivity contribution in [2.45, 2.75) is 167 Å². The SMILES string of the molecule is CC1=C\C=C/C=C\C2=CC(=C/C=C\1)\SC1C[C@H](C3CCCC3)CC3SC4CCCCCCCCCCCCC4SC3CCC1S2. The number of thioether (sulfide) groups is 4. The molecule has 4 fully saturated rings. The summed E-state index contributed by atoms with van der Waals surface area (Å²) < 4.78 is 0. The number of hydrogen-bond acceptors (Lipinski definition) is 4. The fourth-order valence-electron chi connectivity index (χ4n) is 8.81. The van der Waals surface area contributed by atoms with E-state index in [1.54, 1.807) is 0 Å². The summed E-state index contributed by atoms with van der Waals surface area (Å²) in [5.74, 6) is 1.88. The molecule has 3 saturated carbocycles. The van der Waals surface area contributed by atoms with Crippen LogP contribution in [0.15, 0.2) is 70.1 Å². The lowest BCUT2D eigenvalue weighted by molar-refractivity contribution is 0.296. The molecule has 1 saturated heterocycles. The van der Waals surface area contributed by atoms with Gasteiger partial charge in [-0.05, 0) is 75.5 Å². The first kappa shape index (κ1) is 34.7. The van der Waals surface area contributed by atoms with Crippen molar-refractivity contribution in [1.29, 1.82) is 0 Å².